The molecule has 128 valence electrons. The molecule has 25 heavy (non-hydrogen) atoms. The SMILES string of the molecule is CC1(C)CC(=O)C(C2c3ccccc3Oc3ccc(Cl)cc32)C(=O)C1. The topological polar surface area (TPSA) is 43.4 Å². The van der Waals surface area contributed by atoms with Crippen LogP contribution in [0, 0.1) is 11.3 Å². The maximum Gasteiger partial charge on any atom is 0.144 e. The summed E-state index contributed by atoms with van der Waals surface area (Å²) in [4.78, 5) is 25.9. The van der Waals surface area contributed by atoms with Crippen molar-refractivity contribution in [3.63, 3.8) is 0 Å². The highest BCUT2D eigenvalue weighted by Crippen LogP contribution is 2.51. The van der Waals surface area contributed by atoms with Crippen LogP contribution in [-0.4, -0.2) is 11.6 Å². The minimum atomic E-state index is -0.671. The zero-order valence-corrected chi connectivity index (χ0v) is 15.0. The Kier molecular flexibility index (Phi) is 3.73. The molecule has 0 amide bonds. The Balaban J connectivity index is 1.88. The summed E-state index contributed by atoms with van der Waals surface area (Å²) in [5.41, 5.74) is 1.42. The van der Waals surface area contributed by atoms with Crippen LogP contribution in [0.25, 0.3) is 0 Å². The monoisotopic (exact) mass is 354 g/mol. The summed E-state index contributed by atoms with van der Waals surface area (Å²) < 4.78 is 5.98. The number of benzene rings is 2. The van der Waals surface area contributed by atoms with Gasteiger partial charge in [0.1, 0.15) is 23.1 Å². The molecule has 1 saturated carbocycles. The van der Waals surface area contributed by atoms with E-state index in [0.717, 1.165) is 11.1 Å². The maximum atomic E-state index is 12.9. The average molecular weight is 355 g/mol. The average Bonchev–Trinajstić information content (AvgIpc) is 2.53. The molecule has 2 aromatic carbocycles. The van der Waals surface area contributed by atoms with Crippen LogP contribution in [0.4, 0.5) is 0 Å². The lowest BCUT2D eigenvalue weighted by molar-refractivity contribution is -0.140. The Morgan fingerprint density at radius 2 is 1.56 bits per heavy atom. The van der Waals surface area contributed by atoms with E-state index in [1.807, 2.05) is 50.2 Å². The molecule has 1 heterocycles. The summed E-state index contributed by atoms with van der Waals surface area (Å²) in [5, 5.41) is 0.572. The smallest absolute Gasteiger partial charge is 0.144 e. The molecule has 0 aromatic heterocycles. The van der Waals surface area contributed by atoms with E-state index in [1.165, 1.54) is 0 Å². The highest BCUT2D eigenvalue weighted by atomic mass is 35.5. The van der Waals surface area contributed by atoms with Crippen molar-refractivity contribution in [3.05, 3.63) is 58.6 Å². The Morgan fingerprint density at radius 3 is 2.28 bits per heavy atom. The van der Waals surface area contributed by atoms with E-state index in [9.17, 15) is 9.59 Å². The van der Waals surface area contributed by atoms with Gasteiger partial charge in [0.25, 0.3) is 0 Å². The predicted molar refractivity (Wildman–Crippen MR) is 96.3 cm³/mol. The molecular formula is C21H19ClO3. The Labute approximate surface area is 152 Å². The summed E-state index contributed by atoms with van der Waals surface area (Å²) in [5.74, 6) is 0.374. The van der Waals surface area contributed by atoms with Gasteiger partial charge in [-0.2, -0.15) is 0 Å². The van der Waals surface area contributed by atoms with E-state index in [4.69, 9.17) is 16.3 Å². The fourth-order valence-corrected chi connectivity index (χ4v) is 4.29. The molecule has 0 radical (unpaired) electrons. The number of carbonyl (C=O) groups is 2. The number of halogens is 1. The van der Waals surface area contributed by atoms with Crippen LogP contribution in [0.5, 0.6) is 11.5 Å². The van der Waals surface area contributed by atoms with Gasteiger partial charge in [-0.3, -0.25) is 9.59 Å². The lowest BCUT2D eigenvalue weighted by Crippen LogP contribution is -2.41. The fourth-order valence-electron chi connectivity index (χ4n) is 4.11. The number of ether oxygens (including phenoxy) is 1. The normalized spacial score (nSPS) is 22.1. The second-order valence-corrected chi connectivity index (χ2v) is 8.16. The van der Waals surface area contributed by atoms with Gasteiger partial charge in [-0.25, -0.2) is 0 Å². The number of fused-ring (bicyclic) bond motifs is 2. The fraction of sp³-hybridized carbons (Fsp3) is 0.333. The molecule has 0 saturated heterocycles. The second kappa shape index (κ2) is 5.70. The van der Waals surface area contributed by atoms with Gasteiger partial charge < -0.3 is 4.74 Å². The number of hydrogen-bond acceptors (Lipinski definition) is 3. The molecule has 2 aromatic rings. The summed E-state index contributed by atoms with van der Waals surface area (Å²) in [6.07, 6.45) is 0.831. The summed E-state index contributed by atoms with van der Waals surface area (Å²) >= 11 is 6.20. The summed E-state index contributed by atoms with van der Waals surface area (Å²) in [6, 6.07) is 13.0. The Bertz CT molecular complexity index is 864. The lowest BCUT2D eigenvalue weighted by Gasteiger charge is -2.38. The molecule has 4 heteroatoms. The highest BCUT2D eigenvalue weighted by molar-refractivity contribution is 6.30. The zero-order valence-electron chi connectivity index (χ0n) is 14.2. The minimum Gasteiger partial charge on any atom is -0.457 e. The molecule has 1 aliphatic carbocycles. The molecular weight excluding hydrogens is 336 g/mol. The van der Waals surface area contributed by atoms with Gasteiger partial charge in [0.05, 0.1) is 5.92 Å². The third kappa shape index (κ3) is 2.77. The van der Waals surface area contributed by atoms with Crippen LogP contribution in [0.1, 0.15) is 43.7 Å². The van der Waals surface area contributed by atoms with E-state index in [-0.39, 0.29) is 22.9 Å². The van der Waals surface area contributed by atoms with Gasteiger partial charge in [0.2, 0.25) is 0 Å². The standard InChI is InChI=1S/C21H19ClO3/c1-21(2)10-15(23)20(16(24)11-21)19-13-5-3-4-6-17(13)25-18-8-7-12(22)9-14(18)19/h3-9,19-20H,10-11H2,1-2H3. The maximum absolute atomic E-state index is 12.9. The first kappa shape index (κ1) is 16.3. The summed E-state index contributed by atoms with van der Waals surface area (Å²) in [7, 11) is 0. The van der Waals surface area contributed by atoms with Gasteiger partial charge in [-0.1, -0.05) is 43.6 Å². The number of carbonyl (C=O) groups excluding carboxylic acids is 2. The molecule has 0 N–H and O–H groups in total. The third-order valence-corrected chi connectivity index (χ3v) is 5.35. The highest BCUT2D eigenvalue weighted by Gasteiger charge is 2.46. The minimum absolute atomic E-state index is 0.00822. The van der Waals surface area contributed by atoms with Gasteiger partial charge >= 0.3 is 0 Å². The van der Waals surface area contributed by atoms with Crippen LogP contribution >= 0.6 is 11.6 Å². The lowest BCUT2D eigenvalue weighted by atomic mass is 9.65. The number of Topliss-reactive ketones (excluding diaryl/α,β-unsaturated/α-hetero) is 2. The van der Waals surface area contributed by atoms with Gasteiger partial charge in [0, 0.05) is 34.9 Å². The number of para-hydroxylation sites is 1. The van der Waals surface area contributed by atoms with Crippen molar-refractivity contribution in [1.29, 1.82) is 0 Å². The van der Waals surface area contributed by atoms with Crippen molar-refractivity contribution < 1.29 is 14.3 Å². The molecule has 3 nitrogen and oxygen atoms in total. The van der Waals surface area contributed by atoms with Crippen molar-refractivity contribution in [2.75, 3.05) is 0 Å². The first-order valence-corrected chi connectivity index (χ1v) is 8.85. The molecule has 0 bridgehead atoms. The quantitative estimate of drug-likeness (QED) is 0.665. The second-order valence-electron chi connectivity index (χ2n) is 7.73. The van der Waals surface area contributed by atoms with Crippen molar-refractivity contribution in [2.24, 2.45) is 11.3 Å². The molecule has 1 aliphatic heterocycles. The number of ketones is 2. The molecule has 1 fully saturated rings. The molecule has 2 aliphatic rings. The van der Waals surface area contributed by atoms with Crippen molar-refractivity contribution in [3.8, 4) is 11.5 Å². The van der Waals surface area contributed by atoms with Gasteiger partial charge in [-0.15, -0.1) is 0 Å². The van der Waals surface area contributed by atoms with E-state index in [0.29, 0.717) is 29.4 Å². The van der Waals surface area contributed by atoms with Crippen LogP contribution in [0.15, 0.2) is 42.5 Å². The van der Waals surface area contributed by atoms with Crippen LogP contribution in [0.2, 0.25) is 5.02 Å². The van der Waals surface area contributed by atoms with Crippen molar-refractivity contribution in [2.45, 2.75) is 32.6 Å². The third-order valence-electron chi connectivity index (χ3n) is 5.11. The van der Waals surface area contributed by atoms with Gasteiger partial charge in [-0.05, 0) is 29.7 Å². The summed E-state index contributed by atoms with van der Waals surface area (Å²) in [6.45, 7) is 3.95. The van der Waals surface area contributed by atoms with Crippen molar-refractivity contribution >= 4 is 23.2 Å². The van der Waals surface area contributed by atoms with Crippen molar-refractivity contribution in [1.82, 2.24) is 0 Å². The number of rotatable bonds is 1. The molecule has 4 rings (SSSR count). The number of hydrogen-bond donors (Lipinski definition) is 0. The molecule has 1 unspecified atom stereocenters. The molecule has 1 atom stereocenters. The van der Waals surface area contributed by atoms with Crippen LogP contribution in [0.3, 0.4) is 0 Å². The van der Waals surface area contributed by atoms with E-state index in [1.54, 1.807) is 6.07 Å². The van der Waals surface area contributed by atoms with E-state index < -0.39 is 5.92 Å². The largest absolute Gasteiger partial charge is 0.457 e. The Hall–Kier alpha value is -2.13. The van der Waals surface area contributed by atoms with Crippen LogP contribution < -0.4 is 4.74 Å². The molecule has 0 spiro atoms. The predicted octanol–water partition coefficient (Wildman–Crippen LogP) is 5.15. The van der Waals surface area contributed by atoms with E-state index >= 15 is 0 Å². The first-order chi connectivity index (χ1) is 11.9. The van der Waals surface area contributed by atoms with Gasteiger partial charge in [0.15, 0.2) is 0 Å². The van der Waals surface area contributed by atoms with E-state index in [2.05, 4.69) is 0 Å². The zero-order chi connectivity index (χ0) is 17.8. The first-order valence-electron chi connectivity index (χ1n) is 8.47. The van der Waals surface area contributed by atoms with Crippen LogP contribution in [-0.2, 0) is 9.59 Å². The Morgan fingerprint density at radius 1 is 0.920 bits per heavy atom.